The second-order valence-electron chi connectivity index (χ2n) is 6.66. The second-order valence-corrected chi connectivity index (χ2v) is 6.66. The maximum atomic E-state index is 12.8. The van der Waals surface area contributed by atoms with Gasteiger partial charge in [-0.2, -0.15) is 0 Å². The molecule has 1 aliphatic rings. The molecule has 7 heteroatoms. The van der Waals surface area contributed by atoms with E-state index in [0.29, 0.717) is 30.3 Å². The molecule has 2 aromatic rings. The third-order valence-electron chi connectivity index (χ3n) is 4.54. The van der Waals surface area contributed by atoms with Crippen LogP contribution in [0.2, 0.25) is 0 Å². The van der Waals surface area contributed by atoms with Crippen molar-refractivity contribution in [2.45, 2.75) is 19.4 Å². The van der Waals surface area contributed by atoms with Gasteiger partial charge in [0.25, 0.3) is 5.91 Å². The zero-order chi connectivity index (χ0) is 18.0. The number of carbonyl (C=O) groups is 1. The van der Waals surface area contributed by atoms with E-state index in [1.165, 1.54) is 0 Å². The topological polar surface area (TPSA) is 82.5 Å². The summed E-state index contributed by atoms with van der Waals surface area (Å²) in [5.41, 5.74) is 2.25. The van der Waals surface area contributed by atoms with Crippen LogP contribution in [-0.4, -0.2) is 64.2 Å². The summed E-state index contributed by atoms with van der Waals surface area (Å²) in [6, 6.07) is 3.88. The quantitative estimate of drug-likeness (QED) is 0.890. The average Bonchev–Trinajstić information content (AvgIpc) is 2.96. The van der Waals surface area contributed by atoms with Crippen molar-refractivity contribution in [3.8, 4) is 0 Å². The normalized spacial score (nSPS) is 19.9. The van der Waals surface area contributed by atoms with E-state index in [0.717, 1.165) is 12.0 Å². The summed E-state index contributed by atoms with van der Waals surface area (Å²) in [6.45, 7) is 2.67. The van der Waals surface area contributed by atoms with Crippen LogP contribution in [-0.2, 0) is 6.42 Å². The maximum Gasteiger partial charge on any atom is 0.257 e. The Kier molecular flexibility index (Phi) is 4.94. The molecule has 1 saturated heterocycles. The molecule has 0 saturated carbocycles. The third kappa shape index (κ3) is 3.76. The average molecular weight is 341 g/mol. The van der Waals surface area contributed by atoms with E-state index in [4.69, 9.17) is 0 Å². The van der Waals surface area contributed by atoms with Gasteiger partial charge in [0, 0.05) is 51.7 Å². The fourth-order valence-electron chi connectivity index (χ4n) is 3.09. The Hall–Kier alpha value is -2.54. The fraction of sp³-hybridized carbons (Fsp3) is 0.444. The lowest BCUT2D eigenvalue weighted by molar-refractivity contribution is 0.0763. The van der Waals surface area contributed by atoms with Gasteiger partial charge >= 0.3 is 0 Å². The van der Waals surface area contributed by atoms with Crippen molar-refractivity contribution >= 4 is 11.9 Å². The van der Waals surface area contributed by atoms with Crippen molar-refractivity contribution in [3.05, 3.63) is 47.5 Å². The third-order valence-corrected chi connectivity index (χ3v) is 4.54. The molecule has 7 nitrogen and oxygen atoms in total. The van der Waals surface area contributed by atoms with E-state index in [-0.39, 0.29) is 11.8 Å². The highest BCUT2D eigenvalue weighted by atomic mass is 16.3. The van der Waals surface area contributed by atoms with Crippen LogP contribution in [0.4, 0.5) is 5.95 Å². The molecular formula is C18H23N5O2. The van der Waals surface area contributed by atoms with Crippen LogP contribution in [0.15, 0.2) is 30.7 Å². The lowest BCUT2D eigenvalue weighted by Crippen LogP contribution is -2.30. The van der Waals surface area contributed by atoms with Crippen LogP contribution in [0.3, 0.4) is 0 Å². The first-order valence-corrected chi connectivity index (χ1v) is 8.33. The van der Waals surface area contributed by atoms with Gasteiger partial charge < -0.3 is 14.9 Å². The van der Waals surface area contributed by atoms with Crippen LogP contribution in [0.25, 0.3) is 0 Å². The lowest BCUT2D eigenvalue weighted by atomic mass is 9.97. The number of likely N-dealkylation sites (tertiary alicyclic amines) is 1. The Morgan fingerprint density at radius 3 is 2.68 bits per heavy atom. The van der Waals surface area contributed by atoms with Gasteiger partial charge in [-0.3, -0.25) is 9.78 Å². The van der Waals surface area contributed by atoms with Crippen molar-refractivity contribution in [2.24, 2.45) is 5.92 Å². The van der Waals surface area contributed by atoms with Crippen LogP contribution < -0.4 is 4.90 Å². The van der Waals surface area contributed by atoms with Gasteiger partial charge in [0.1, 0.15) is 0 Å². The van der Waals surface area contributed by atoms with Crippen LogP contribution in [0.5, 0.6) is 0 Å². The van der Waals surface area contributed by atoms with Gasteiger partial charge in [-0.25, -0.2) is 9.97 Å². The summed E-state index contributed by atoms with van der Waals surface area (Å²) in [5.74, 6) is 0.471. The Balaban J connectivity index is 1.71. The van der Waals surface area contributed by atoms with Crippen molar-refractivity contribution in [2.75, 3.05) is 32.1 Å². The van der Waals surface area contributed by atoms with Crippen molar-refractivity contribution in [1.82, 2.24) is 19.9 Å². The first-order chi connectivity index (χ1) is 12.0. The number of carbonyl (C=O) groups excluding carboxylic acids is 1. The highest BCUT2D eigenvalue weighted by molar-refractivity contribution is 5.95. The molecule has 0 bridgehead atoms. The molecule has 0 radical (unpaired) electrons. The molecular weight excluding hydrogens is 318 g/mol. The molecule has 2 unspecified atom stereocenters. The Morgan fingerprint density at radius 1 is 1.32 bits per heavy atom. The van der Waals surface area contributed by atoms with Crippen molar-refractivity contribution < 1.29 is 9.90 Å². The summed E-state index contributed by atoms with van der Waals surface area (Å²) in [4.78, 5) is 28.9. The lowest BCUT2D eigenvalue weighted by Gasteiger charge is -2.18. The number of amides is 1. The summed E-state index contributed by atoms with van der Waals surface area (Å²) in [5, 5.41) is 10.4. The maximum absolute atomic E-state index is 12.8. The van der Waals surface area contributed by atoms with Gasteiger partial charge in [-0.1, -0.05) is 0 Å². The van der Waals surface area contributed by atoms with Gasteiger partial charge in [0.2, 0.25) is 5.95 Å². The predicted molar refractivity (Wildman–Crippen MR) is 94.4 cm³/mol. The Labute approximate surface area is 147 Å². The predicted octanol–water partition coefficient (Wildman–Crippen LogP) is 0.922. The number of rotatable bonds is 4. The molecule has 0 spiro atoms. The first kappa shape index (κ1) is 17.3. The zero-order valence-corrected chi connectivity index (χ0v) is 14.8. The molecule has 0 aliphatic carbocycles. The molecule has 1 N–H and O–H groups in total. The fourth-order valence-corrected chi connectivity index (χ4v) is 3.09. The SMILES string of the molecule is Cc1nc(N(C)C)ncc1C(=O)N1CC(O)C(Cc2ccncc2)C1. The molecule has 25 heavy (non-hydrogen) atoms. The van der Waals surface area contributed by atoms with Crippen molar-refractivity contribution in [1.29, 1.82) is 0 Å². The molecule has 0 aromatic carbocycles. The number of nitrogens with zero attached hydrogens (tertiary/aromatic N) is 5. The summed E-state index contributed by atoms with van der Waals surface area (Å²) < 4.78 is 0. The first-order valence-electron chi connectivity index (χ1n) is 8.33. The minimum absolute atomic E-state index is 0.0219. The van der Waals surface area contributed by atoms with E-state index >= 15 is 0 Å². The number of β-amino-alcohol motifs (C(OH)–C–C–N with tert-alkyl or cyclic N) is 1. The minimum Gasteiger partial charge on any atom is -0.391 e. The smallest absolute Gasteiger partial charge is 0.257 e. The monoisotopic (exact) mass is 341 g/mol. The van der Waals surface area contributed by atoms with E-state index in [1.54, 1.807) is 28.4 Å². The number of hydrogen-bond donors (Lipinski definition) is 1. The van der Waals surface area contributed by atoms with Crippen LogP contribution in [0, 0.1) is 12.8 Å². The summed E-state index contributed by atoms with van der Waals surface area (Å²) in [6.07, 6.45) is 5.25. The van der Waals surface area contributed by atoms with Crippen LogP contribution in [0.1, 0.15) is 21.6 Å². The largest absolute Gasteiger partial charge is 0.391 e. The molecule has 1 amide bonds. The second kappa shape index (κ2) is 7.14. The standard InChI is InChI=1S/C18H23N5O2/c1-12-15(9-20-18(21-12)22(2)3)17(25)23-10-14(16(24)11-23)8-13-4-6-19-7-5-13/h4-7,9,14,16,24H,8,10-11H2,1-3H3. The van der Waals surface area contributed by atoms with Gasteiger partial charge in [-0.15, -0.1) is 0 Å². The number of aromatic nitrogens is 3. The molecule has 3 heterocycles. The highest BCUT2D eigenvalue weighted by Crippen LogP contribution is 2.23. The minimum atomic E-state index is -0.528. The number of pyridine rings is 1. The van der Waals surface area contributed by atoms with Gasteiger partial charge in [-0.05, 0) is 31.0 Å². The number of aliphatic hydroxyl groups excluding tert-OH is 1. The van der Waals surface area contributed by atoms with E-state index < -0.39 is 6.10 Å². The molecule has 1 fully saturated rings. The molecule has 2 atom stereocenters. The molecule has 3 rings (SSSR count). The van der Waals surface area contributed by atoms with Gasteiger partial charge in [0.15, 0.2) is 0 Å². The number of hydrogen-bond acceptors (Lipinski definition) is 6. The van der Waals surface area contributed by atoms with Gasteiger partial charge in [0.05, 0.1) is 17.4 Å². The zero-order valence-electron chi connectivity index (χ0n) is 14.8. The highest BCUT2D eigenvalue weighted by Gasteiger charge is 2.35. The molecule has 2 aromatic heterocycles. The Bertz CT molecular complexity index is 750. The van der Waals surface area contributed by atoms with E-state index in [9.17, 15) is 9.90 Å². The van der Waals surface area contributed by atoms with Crippen molar-refractivity contribution in [3.63, 3.8) is 0 Å². The molecule has 1 aliphatic heterocycles. The molecule has 132 valence electrons. The summed E-state index contributed by atoms with van der Waals surface area (Å²) >= 11 is 0. The Morgan fingerprint density at radius 2 is 2.04 bits per heavy atom. The summed E-state index contributed by atoms with van der Waals surface area (Å²) in [7, 11) is 3.72. The number of aliphatic hydroxyl groups is 1. The van der Waals surface area contributed by atoms with E-state index in [1.807, 2.05) is 33.2 Å². The van der Waals surface area contributed by atoms with E-state index in [2.05, 4.69) is 15.0 Å². The van der Waals surface area contributed by atoms with Crippen LogP contribution >= 0.6 is 0 Å². The number of aryl methyl sites for hydroxylation is 1. The number of anilines is 1.